The summed E-state index contributed by atoms with van der Waals surface area (Å²) in [5.74, 6) is -0.269. The molecule has 4 nitrogen and oxygen atoms in total. The molecule has 1 aromatic carbocycles. The van der Waals surface area contributed by atoms with Crippen molar-refractivity contribution in [1.29, 1.82) is 0 Å². The van der Waals surface area contributed by atoms with Gasteiger partial charge < -0.3 is 9.47 Å². The van der Waals surface area contributed by atoms with Gasteiger partial charge in [0, 0.05) is 12.7 Å². The summed E-state index contributed by atoms with van der Waals surface area (Å²) in [5, 5.41) is 2.53. The lowest BCUT2D eigenvalue weighted by Gasteiger charge is -2.25. The van der Waals surface area contributed by atoms with E-state index in [-0.39, 0.29) is 0 Å². The van der Waals surface area contributed by atoms with Gasteiger partial charge in [0.05, 0.1) is 6.42 Å². The number of fused-ring (bicyclic) bond motifs is 1. The van der Waals surface area contributed by atoms with Crippen molar-refractivity contribution in [2.75, 3.05) is 7.11 Å². The lowest BCUT2D eigenvalue weighted by molar-refractivity contribution is -0.174. The molecule has 0 radical (unpaired) electrons. The highest BCUT2D eigenvalue weighted by molar-refractivity contribution is 5.49. The van der Waals surface area contributed by atoms with Gasteiger partial charge >= 0.3 is 0 Å². The zero-order valence-electron chi connectivity index (χ0n) is 7.82. The number of para-hydroxylation sites is 1. The highest BCUT2D eigenvalue weighted by atomic mass is 16.7. The van der Waals surface area contributed by atoms with Crippen LogP contribution in [0.25, 0.3) is 0 Å². The third kappa shape index (κ3) is 1.33. The van der Waals surface area contributed by atoms with Crippen LogP contribution in [-0.4, -0.2) is 19.4 Å². The minimum atomic E-state index is -1.02. The molecule has 0 spiro atoms. The minimum absolute atomic E-state index is 0.526. The first-order chi connectivity index (χ1) is 6.79. The Labute approximate surface area is 81.8 Å². The van der Waals surface area contributed by atoms with Crippen LogP contribution in [0, 0.1) is 0 Å². The highest BCUT2D eigenvalue weighted by Gasteiger charge is 2.39. The molecule has 0 saturated heterocycles. The van der Waals surface area contributed by atoms with Crippen LogP contribution in [0.1, 0.15) is 5.56 Å². The number of amides is 1. The molecule has 0 saturated carbocycles. The van der Waals surface area contributed by atoms with E-state index in [1.165, 1.54) is 7.11 Å². The molecule has 1 amide bonds. The Morgan fingerprint density at radius 2 is 2.36 bits per heavy atom. The molecule has 1 aliphatic rings. The standard InChI is InChI=1S/C10H11NO3/c1-13-10(11-7-12)6-8-4-2-3-5-9(8)14-10/h2-5,7H,6H2,1H3,(H,11,12). The minimum Gasteiger partial charge on any atom is -0.444 e. The van der Waals surface area contributed by atoms with Gasteiger partial charge in [-0.25, -0.2) is 0 Å². The third-order valence-corrected chi connectivity index (χ3v) is 2.28. The van der Waals surface area contributed by atoms with Crippen molar-refractivity contribution in [1.82, 2.24) is 5.32 Å². The monoisotopic (exact) mass is 193 g/mol. The fourth-order valence-electron chi connectivity index (χ4n) is 1.56. The van der Waals surface area contributed by atoms with Crippen LogP contribution in [0.5, 0.6) is 5.75 Å². The van der Waals surface area contributed by atoms with Gasteiger partial charge in [-0.2, -0.15) is 0 Å². The molecule has 0 bridgehead atoms. The average molecular weight is 193 g/mol. The molecular weight excluding hydrogens is 182 g/mol. The maximum atomic E-state index is 10.4. The number of hydrogen-bond donors (Lipinski definition) is 1. The number of rotatable bonds is 3. The van der Waals surface area contributed by atoms with Crippen LogP contribution in [0.4, 0.5) is 0 Å². The first-order valence-corrected chi connectivity index (χ1v) is 4.33. The Hall–Kier alpha value is -1.55. The van der Waals surface area contributed by atoms with Crippen LogP contribution in [0.3, 0.4) is 0 Å². The predicted octanol–water partition coefficient (Wildman–Crippen LogP) is 0.668. The second kappa shape index (κ2) is 3.31. The number of carbonyl (C=O) groups is 1. The molecular formula is C10H11NO3. The second-order valence-corrected chi connectivity index (χ2v) is 3.11. The van der Waals surface area contributed by atoms with Crippen LogP contribution in [0.15, 0.2) is 24.3 Å². The number of hydrogen-bond acceptors (Lipinski definition) is 3. The zero-order chi connectivity index (χ0) is 10.0. The van der Waals surface area contributed by atoms with Gasteiger partial charge in [-0.05, 0) is 6.07 Å². The SMILES string of the molecule is COC1(NC=O)Cc2ccccc2O1. The highest BCUT2D eigenvalue weighted by Crippen LogP contribution is 2.33. The van der Waals surface area contributed by atoms with Gasteiger partial charge in [-0.15, -0.1) is 0 Å². The molecule has 1 unspecified atom stereocenters. The topological polar surface area (TPSA) is 47.6 Å². The first kappa shape index (κ1) is 9.02. The van der Waals surface area contributed by atoms with Gasteiger partial charge in [-0.1, -0.05) is 18.2 Å². The fraction of sp³-hybridized carbons (Fsp3) is 0.300. The molecule has 2 rings (SSSR count). The smallest absolute Gasteiger partial charge is 0.298 e. The van der Waals surface area contributed by atoms with Crippen LogP contribution >= 0.6 is 0 Å². The van der Waals surface area contributed by atoms with Crippen molar-refractivity contribution in [3.8, 4) is 5.75 Å². The second-order valence-electron chi connectivity index (χ2n) is 3.11. The van der Waals surface area contributed by atoms with E-state index >= 15 is 0 Å². The van der Waals surface area contributed by atoms with Crippen molar-refractivity contribution in [2.24, 2.45) is 0 Å². The van der Waals surface area contributed by atoms with Crippen LogP contribution in [-0.2, 0) is 16.0 Å². The van der Waals surface area contributed by atoms with Crippen molar-refractivity contribution in [2.45, 2.75) is 12.3 Å². The van der Waals surface area contributed by atoms with Gasteiger partial charge in [0.1, 0.15) is 5.75 Å². The van der Waals surface area contributed by atoms with Crippen molar-refractivity contribution >= 4 is 6.41 Å². The van der Waals surface area contributed by atoms with Crippen molar-refractivity contribution < 1.29 is 14.3 Å². The average Bonchev–Trinajstić information content (AvgIpc) is 2.57. The summed E-state index contributed by atoms with van der Waals surface area (Å²) in [6, 6.07) is 7.60. The molecule has 0 aromatic heterocycles. The van der Waals surface area contributed by atoms with Gasteiger partial charge in [0.15, 0.2) is 0 Å². The van der Waals surface area contributed by atoms with E-state index in [4.69, 9.17) is 9.47 Å². The Morgan fingerprint density at radius 1 is 1.57 bits per heavy atom. The quantitative estimate of drug-likeness (QED) is 0.567. The predicted molar refractivity (Wildman–Crippen MR) is 49.7 cm³/mol. The zero-order valence-corrected chi connectivity index (χ0v) is 7.82. The Bertz CT molecular complexity index is 326. The van der Waals surface area contributed by atoms with E-state index in [9.17, 15) is 4.79 Å². The Kier molecular flexibility index (Phi) is 2.13. The molecule has 74 valence electrons. The summed E-state index contributed by atoms with van der Waals surface area (Å²) in [7, 11) is 1.50. The summed E-state index contributed by atoms with van der Waals surface area (Å²) in [6.45, 7) is 0. The van der Waals surface area contributed by atoms with Crippen molar-refractivity contribution in [3.63, 3.8) is 0 Å². The summed E-state index contributed by atoms with van der Waals surface area (Å²) in [6.07, 6.45) is 1.10. The number of ether oxygens (including phenoxy) is 2. The Balaban J connectivity index is 2.27. The molecule has 1 aromatic rings. The maximum Gasteiger partial charge on any atom is 0.298 e. The summed E-state index contributed by atoms with van der Waals surface area (Å²) in [4.78, 5) is 10.4. The molecule has 14 heavy (non-hydrogen) atoms. The molecule has 0 aliphatic carbocycles. The van der Waals surface area contributed by atoms with Crippen molar-refractivity contribution in [3.05, 3.63) is 29.8 Å². The molecule has 0 fully saturated rings. The summed E-state index contributed by atoms with van der Waals surface area (Å²) >= 11 is 0. The first-order valence-electron chi connectivity index (χ1n) is 4.33. The number of methoxy groups -OCH3 is 1. The largest absolute Gasteiger partial charge is 0.444 e. The number of carbonyl (C=O) groups excluding carboxylic acids is 1. The summed E-state index contributed by atoms with van der Waals surface area (Å²) in [5.41, 5.74) is 1.03. The number of nitrogens with one attached hydrogen (secondary N) is 1. The molecule has 4 heteroatoms. The normalized spacial score (nSPS) is 23.8. The van der Waals surface area contributed by atoms with E-state index in [1.807, 2.05) is 24.3 Å². The number of benzene rings is 1. The van der Waals surface area contributed by atoms with Gasteiger partial charge in [0.25, 0.3) is 5.91 Å². The van der Waals surface area contributed by atoms with E-state index in [0.717, 1.165) is 11.3 Å². The maximum absolute atomic E-state index is 10.4. The fourth-order valence-corrected chi connectivity index (χ4v) is 1.56. The van der Waals surface area contributed by atoms with Gasteiger partial charge in [0.2, 0.25) is 6.41 Å². The molecule has 1 heterocycles. The van der Waals surface area contributed by atoms with E-state index < -0.39 is 5.91 Å². The van der Waals surface area contributed by atoms with E-state index in [0.29, 0.717) is 12.8 Å². The third-order valence-electron chi connectivity index (χ3n) is 2.28. The molecule has 1 atom stereocenters. The van der Waals surface area contributed by atoms with Crippen LogP contribution < -0.4 is 10.1 Å². The van der Waals surface area contributed by atoms with Gasteiger partial charge in [-0.3, -0.25) is 10.1 Å². The summed E-state index contributed by atoms with van der Waals surface area (Å²) < 4.78 is 10.7. The van der Waals surface area contributed by atoms with Crippen LogP contribution in [0.2, 0.25) is 0 Å². The molecule has 1 aliphatic heterocycles. The molecule has 1 N–H and O–H groups in total. The van der Waals surface area contributed by atoms with E-state index in [1.54, 1.807) is 0 Å². The van der Waals surface area contributed by atoms with E-state index in [2.05, 4.69) is 5.32 Å². The Morgan fingerprint density at radius 3 is 3.00 bits per heavy atom. The lowest BCUT2D eigenvalue weighted by Crippen LogP contribution is -2.50. The lowest BCUT2D eigenvalue weighted by atomic mass is 10.1.